The average molecular weight is 249 g/mol. The number of benzene rings is 1. The Morgan fingerprint density at radius 1 is 1.18 bits per heavy atom. The second-order valence-electron chi connectivity index (χ2n) is 5.35. The zero-order valence-corrected chi connectivity index (χ0v) is 10.9. The maximum atomic E-state index is 9.89. The van der Waals surface area contributed by atoms with Gasteiger partial charge in [-0.1, -0.05) is 25.3 Å². The molecule has 1 aromatic carbocycles. The highest BCUT2D eigenvalue weighted by Crippen LogP contribution is 2.46. The normalized spacial score (nSPS) is 22.6. The van der Waals surface area contributed by atoms with E-state index in [0.717, 1.165) is 12.2 Å². The van der Waals surface area contributed by atoms with Gasteiger partial charge in [0.1, 0.15) is 5.75 Å². The maximum Gasteiger partial charge on any atom is 0.139 e. The fraction of sp³-hybridized carbons (Fsp3) is 0.571. The topological polar surface area (TPSA) is 32.3 Å². The van der Waals surface area contributed by atoms with Crippen molar-refractivity contribution in [2.75, 3.05) is 17.6 Å². The van der Waals surface area contributed by atoms with Crippen molar-refractivity contribution in [3.8, 4) is 5.75 Å². The first-order valence-electron chi connectivity index (χ1n) is 6.48. The van der Waals surface area contributed by atoms with Gasteiger partial charge in [-0.3, -0.25) is 0 Å². The molecular weight excluding hydrogens is 230 g/mol. The number of thioether (sulfide) groups is 1. The average Bonchev–Trinajstić information content (AvgIpc) is 2.53. The van der Waals surface area contributed by atoms with E-state index < -0.39 is 0 Å². The van der Waals surface area contributed by atoms with Crippen LogP contribution < -0.4 is 5.32 Å². The van der Waals surface area contributed by atoms with Crippen molar-refractivity contribution in [1.82, 2.24) is 0 Å². The van der Waals surface area contributed by atoms with Crippen LogP contribution >= 0.6 is 11.8 Å². The molecule has 0 atom stereocenters. The monoisotopic (exact) mass is 249 g/mol. The van der Waals surface area contributed by atoms with Crippen molar-refractivity contribution in [2.24, 2.45) is 5.41 Å². The van der Waals surface area contributed by atoms with E-state index >= 15 is 0 Å². The van der Waals surface area contributed by atoms with Gasteiger partial charge in [0.2, 0.25) is 0 Å². The summed E-state index contributed by atoms with van der Waals surface area (Å²) in [6.45, 7) is 1.02. The van der Waals surface area contributed by atoms with Crippen LogP contribution in [0.1, 0.15) is 32.1 Å². The summed E-state index contributed by atoms with van der Waals surface area (Å²) < 4.78 is 0. The molecule has 2 aliphatic rings. The molecule has 92 valence electrons. The highest BCUT2D eigenvalue weighted by atomic mass is 32.2. The van der Waals surface area contributed by atoms with E-state index in [1.165, 1.54) is 42.8 Å². The standard InChI is InChI=1S/C14H19NOS/c16-11-5-4-6-12-13(11)15-9-14(10-17-12)7-2-1-3-8-14/h4-6,15-16H,1-3,7-10H2. The van der Waals surface area contributed by atoms with Crippen LogP contribution in [0.3, 0.4) is 0 Å². The number of para-hydroxylation sites is 1. The third-order valence-corrected chi connectivity index (χ3v) is 5.50. The lowest BCUT2D eigenvalue weighted by molar-refractivity contribution is 0.240. The van der Waals surface area contributed by atoms with Gasteiger partial charge in [-0.05, 0) is 30.4 Å². The minimum absolute atomic E-state index is 0.392. The van der Waals surface area contributed by atoms with Gasteiger partial charge in [0.15, 0.2) is 0 Å². The Bertz CT molecular complexity index is 413. The first-order chi connectivity index (χ1) is 8.29. The number of rotatable bonds is 0. The lowest BCUT2D eigenvalue weighted by Gasteiger charge is -2.35. The highest BCUT2D eigenvalue weighted by Gasteiger charge is 2.34. The molecule has 3 rings (SSSR count). The summed E-state index contributed by atoms with van der Waals surface area (Å²) in [5.74, 6) is 1.58. The molecular formula is C14H19NOS. The second-order valence-corrected chi connectivity index (χ2v) is 6.37. The summed E-state index contributed by atoms with van der Waals surface area (Å²) in [4.78, 5) is 1.20. The molecule has 3 heteroatoms. The summed E-state index contributed by atoms with van der Waals surface area (Å²) in [7, 11) is 0. The Balaban J connectivity index is 1.85. The van der Waals surface area contributed by atoms with Crippen molar-refractivity contribution in [3.05, 3.63) is 18.2 Å². The third-order valence-electron chi connectivity index (χ3n) is 4.09. The number of phenols is 1. The molecule has 17 heavy (non-hydrogen) atoms. The van der Waals surface area contributed by atoms with E-state index in [2.05, 4.69) is 11.4 Å². The van der Waals surface area contributed by atoms with Gasteiger partial charge < -0.3 is 10.4 Å². The van der Waals surface area contributed by atoms with Crippen molar-refractivity contribution in [1.29, 1.82) is 0 Å². The Labute approximate surface area is 107 Å². The van der Waals surface area contributed by atoms with E-state index in [4.69, 9.17) is 0 Å². The summed E-state index contributed by atoms with van der Waals surface area (Å²) in [6.07, 6.45) is 6.79. The Morgan fingerprint density at radius 2 is 2.00 bits per heavy atom. The van der Waals surface area contributed by atoms with Gasteiger partial charge in [0.05, 0.1) is 5.69 Å². The van der Waals surface area contributed by atoms with Crippen LogP contribution in [0.5, 0.6) is 5.75 Å². The van der Waals surface area contributed by atoms with E-state index in [-0.39, 0.29) is 0 Å². The fourth-order valence-electron chi connectivity index (χ4n) is 3.00. The minimum Gasteiger partial charge on any atom is -0.506 e. The Kier molecular flexibility index (Phi) is 2.95. The number of nitrogens with one attached hydrogen (secondary N) is 1. The van der Waals surface area contributed by atoms with Gasteiger partial charge in [0, 0.05) is 17.2 Å². The van der Waals surface area contributed by atoms with Gasteiger partial charge in [-0.25, -0.2) is 0 Å². The number of anilines is 1. The molecule has 2 N–H and O–H groups in total. The van der Waals surface area contributed by atoms with Gasteiger partial charge in [-0.2, -0.15) is 0 Å². The summed E-state index contributed by atoms with van der Waals surface area (Å²) in [5.41, 5.74) is 1.40. The second kappa shape index (κ2) is 4.45. The smallest absolute Gasteiger partial charge is 0.139 e. The SMILES string of the molecule is Oc1cccc2c1NCC1(CCCCC1)CS2. The predicted octanol–water partition coefficient (Wildman–Crippen LogP) is 3.86. The van der Waals surface area contributed by atoms with E-state index in [9.17, 15) is 5.11 Å². The van der Waals surface area contributed by atoms with Crippen LogP contribution in [0, 0.1) is 5.41 Å². The number of fused-ring (bicyclic) bond motifs is 1. The fourth-order valence-corrected chi connectivity index (χ4v) is 4.35. The number of aromatic hydroxyl groups is 1. The highest BCUT2D eigenvalue weighted by molar-refractivity contribution is 7.99. The number of hydrogen-bond donors (Lipinski definition) is 2. The molecule has 0 aromatic heterocycles. The van der Waals surface area contributed by atoms with Crippen LogP contribution in [-0.2, 0) is 0 Å². The van der Waals surface area contributed by atoms with E-state index in [0.29, 0.717) is 11.2 Å². The lowest BCUT2D eigenvalue weighted by atomic mass is 9.75. The molecule has 1 aromatic rings. The molecule has 1 aliphatic heterocycles. The van der Waals surface area contributed by atoms with E-state index in [1.54, 1.807) is 6.07 Å². The molecule has 0 radical (unpaired) electrons. The summed E-state index contributed by atoms with van der Waals surface area (Å²) in [6, 6.07) is 5.81. The molecule has 1 spiro atoms. The molecule has 1 saturated carbocycles. The molecule has 0 bridgehead atoms. The maximum absolute atomic E-state index is 9.89. The van der Waals surface area contributed by atoms with Crippen LogP contribution in [0.25, 0.3) is 0 Å². The minimum atomic E-state index is 0.392. The van der Waals surface area contributed by atoms with Crippen LogP contribution in [0.15, 0.2) is 23.1 Å². The summed E-state index contributed by atoms with van der Waals surface area (Å²) >= 11 is 1.91. The molecule has 0 amide bonds. The van der Waals surface area contributed by atoms with Gasteiger partial charge in [0.25, 0.3) is 0 Å². The number of phenolic OH excluding ortho intramolecular Hbond substituents is 1. The van der Waals surface area contributed by atoms with Crippen molar-refractivity contribution < 1.29 is 5.11 Å². The quantitative estimate of drug-likeness (QED) is 0.685. The number of hydrogen-bond acceptors (Lipinski definition) is 3. The van der Waals surface area contributed by atoms with Crippen molar-refractivity contribution in [3.63, 3.8) is 0 Å². The zero-order chi connectivity index (χ0) is 11.7. The molecule has 0 unspecified atom stereocenters. The molecule has 1 aliphatic carbocycles. The Morgan fingerprint density at radius 3 is 2.82 bits per heavy atom. The Hall–Kier alpha value is -0.830. The van der Waals surface area contributed by atoms with Crippen LogP contribution in [-0.4, -0.2) is 17.4 Å². The molecule has 0 saturated heterocycles. The summed E-state index contributed by atoms with van der Waals surface area (Å²) in [5, 5.41) is 13.4. The van der Waals surface area contributed by atoms with Gasteiger partial charge in [-0.15, -0.1) is 11.8 Å². The molecule has 1 heterocycles. The first kappa shape index (κ1) is 11.3. The van der Waals surface area contributed by atoms with Crippen molar-refractivity contribution in [2.45, 2.75) is 37.0 Å². The van der Waals surface area contributed by atoms with Gasteiger partial charge >= 0.3 is 0 Å². The zero-order valence-electron chi connectivity index (χ0n) is 10.0. The van der Waals surface area contributed by atoms with E-state index in [1.807, 2.05) is 17.8 Å². The van der Waals surface area contributed by atoms with Crippen LogP contribution in [0.4, 0.5) is 5.69 Å². The first-order valence-corrected chi connectivity index (χ1v) is 7.46. The van der Waals surface area contributed by atoms with Crippen LogP contribution in [0.2, 0.25) is 0 Å². The molecule has 1 fully saturated rings. The largest absolute Gasteiger partial charge is 0.506 e. The molecule has 2 nitrogen and oxygen atoms in total. The predicted molar refractivity (Wildman–Crippen MR) is 72.8 cm³/mol. The lowest BCUT2D eigenvalue weighted by Crippen LogP contribution is -2.33. The van der Waals surface area contributed by atoms with Crippen molar-refractivity contribution >= 4 is 17.4 Å². The third kappa shape index (κ3) is 2.13.